The van der Waals surface area contributed by atoms with Gasteiger partial charge in [-0.2, -0.15) is 18.3 Å². The number of nitrogens with zero attached hydrogens (tertiary/aromatic N) is 2. The smallest absolute Gasteiger partial charge is 0.225 e. The maximum Gasteiger partial charge on any atom is 0.434 e. The molecule has 0 spiro atoms. The summed E-state index contributed by atoms with van der Waals surface area (Å²) in [5, 5.41) is 9.51. The van der Waals surface area contributed by atoms with Crippen molar-refractivity contribution in [1.82, 2.24) is 0 Å². The fraction of sp³-hybridized carbons (Fsp3) is 0.0667. The quantitative estimate of drug-likeness (QED) is 0.712. The lowest BCUT2D eigenvalue weighted by Gasteiger charge is -2.21. The van der Waals surface area contributed by atoms with E-state index in [4.69, 9.17) is 5.14 Å². The predicted octanol–water partition coefficient (Wildman–Crippen LogP) is 2.61. The van der Waals surface area contributed by atoms with Gasteiger partial charge in [0.15, 0.2) is 5.70 Å². The maximum absolute atomic E-state index is 13.1. The summed E-state index contributed by atoms with van der Waals surface area (Å²) in [5.74, 6) is 0. The zero-order valence-electron chi connectivity index (χ0n) is 12.9. The van der Waals surface area contributed by atoms with Gasteiger partial charge >= 0.3 is 6.18 Å². The molecule has 2 aromatic carbocycles. The molecule has 3 rings (SSSR count). The van der Waals surface area contributed by atoms with Crippen molar-refractivity contribution in [2.45, 2.75) is 11.1 Å². The number of allylic oxidation sites excluding steroid dienone is 1. The van der Waals surface area contributed by atoms with Gasteiger partial charge in [0, 0.05) is 4.47 Å². The van der Waals surface area contributed by atoms with Crippen molar-refractivity contribution in [2.75, 3.05) is 0 Å². The predicted molar refractivity (Wildman–Crippen MR) is 96.0 cm³/mol. The second-order valence-electron chi connectivity index (χ2n) is 5.57. The molecule has 5 nitrogen and oxygen atoms in total. The molecule has 0 aliphatic carbocycles. The lowest BCUT2D eigenvalue weighted by Crippen LogP contribution is -2.55. The van der Waals surface area contributed by atoms with E-state index in [9.17, 15) is 21.6 Å². The van der Waals surface area contributed by atoms with Gasteiger partial charge in [0.05, 0.1) is 4.90 Å². The van der Waals surface area contributed by atoms with Crippen LogP contribution in [0.4, 0.5) is 13.2 Å². The van der Waals surface area contributed by atoms with Crippen molar-refractivity contribution in [2.24, 2.45) is 15.0 Å². The monoisotopic (exact) mass is 461 g/mol. The Hall–Kier alpha value is -1.82. The third-order valence-electron chi connectivity index (χ3n) is 3.86. The topological polar surface area (TPSA) is 84.9 Å². The van der Waals surface area contributed by atoms with E-state index in [0.29, 0.717) is 10.4 Å². The van der Waals surface area contributed by atoms with Crippen molar-refractivity contribution < 1.29 is 21.6 Å². The van der Waals surface area contributed by atoms with Gasteiger partial charge in [-0.1, -0.05) is 40.2 Å². The van der Waals surface area contributed by atoms with Crippen LogP contribution in [0.25, 0.3) is 0 Å². The molecule has 0 amide bonds. The Balaban J connectivity index is 2.19. The molecule has 136 valence electrons. The number of rotatable bonds is 3. The molecule has 2 aromatic rings. The van der Waals surface area contributed by atoms with Crippen molar-refractivity contribution in [3.05, 3.63) is 64.4 Å². The lowest BCUT2D eigenvalue weighted by atomic mass is 10.4. The highest BCUT2D eigenvalue weighted by Crippen LogP contribution is 2.33. The molecule has 0 saturated heterocycles. The molecule has 1 aliphatic heterocycles. The van der Waals surface area contributed by atoms with Crippen LogP contribution in [0, 0.1) is 0 Å². The average Bonchev–Trinajstić information content (AvgIpc) is 3.02. The molecule has 1 atom stereocenters. The third-order valence-corrected chi connectivity index (χ3v) is 8.85. The highest BCUT2D eigenvalue weighted by molar-refractivity contribution is 9.10. The van der Waals surface area contributed by atoms with E-state index in [0.717, 1.165) is 10.2 Å². The van der Waals surface area contributed by atoms with Crippen molar-refractivity contribution in [1.29, 1.82) is 0 Å². The summed E-state index contributed by atoms with van der Waals surface area (Å²) in [4.78, 5) is -0.129. The molecule has 0 aromatic heterocycles. The minimum atomic E-state index is -4.62. The zero-order chi connectivity index (χ0) is 19.2. The maximum atomic E-state index is 13.1. The van der Waals surface area contributed by atoms with Crippen LogP contribution in [0.5, 0.6) is 0 Å². The number of hydrogen-bond donors (Lipinski definition) is 1. The number of hydrogen-bond acceptors (Lipinski definition) is 4. The Morgan fingerprint density at radius 2 is 1.46 bits per heavy atom. The summed E-state index contributed by atoms with van der Waals surface area (Å²) in [6.07, 6.45) is -4.62. The normalized spacial score (nSPS) is 20.3. The molecule has 26 heavy (non-hydrogen) atoms. The molecule has 11 heteroatoms. The van der Waals surface area contributed by atoms with E-state index < -0.39 is 30.1 Å². The van der Waals surface area contributed by atoms with Crippen LogP contribution in [-0.2, 0) is 10.0 Å². The molecule has 1 unspecified atom stereocenters. The van der Waals surface area contributed by atoms with Crippen molar-refractivity contribution in [3.63, 3.8) is 0 Å². The summed E-state index contributed by atoms with van der Waals surface area (Å²) in [6, 6.07) is 12.2. The Labute approximate surface area is 156 Å². The minimum absolute atomic E-state index is 0.129. The molecule has 0 bridgehead atoms. The van der Waals surface area contributed by atoms with E-state index in [1.165, 1.54) is 24.3 Å². The van der Waals surface area contributed by atoms with Gasteiger partial charge in [-0.3, -0.25) is 0 Å². The van der Waals surface area contributed by atoms with E-state index in [-0.39, 0.29) is 4.90 Å². The van der Waals surface area contributed by atoms with Crippen LogP contribution in [0.2, 0.25) is 0 Å². The highest BCUT2D eigenvalue weighted by Gasteiger charge is 2.47. The van der Waals surface area contributed by atoms with Gasteiger partial charge < -0.3 is 0 Å². The second-order valence-corrected chi connectivity index (χ2v) is 11.2. The number of halogens is 4. The molecule has 0 radical (unpaired) electrons. The fourth-order valence-corrected chi connectivity index (χ4v) is 6.55. The highest BCUT2D eigenvalue weighted by atomic mass is 79.9. The molecule has 1 aliphatic rings. The second kappa shape index (κ2) is 6.41. The summed E-state index contributed by atoms with van der Waals surface area (Å²) >= 11 is 3.29. The number of primary sulfonamides is 1. The average molecular weight is 462 g/mol. The first kappa shape index (κ1) is 19.0. The first-order valence-electron chi connectivity index (χ1n) is 7.15. The first-order chi connectivity index (χ1) is 12.0. The Morgan fingerprint density at radius 1 is 0.962 bits per heavy atom. The minimum Gasteiger partial charge on any atom is -0.225 e. The standard InChI is InChI=1S/C15H11BrF3N3O2SSi/c16-10-1-5-12(6-2-10)26(9-14(21-22-26)15(17,18)19)13-7-3-11(4-8-13)25(20,23)24/h1-9H,(H2,20,23,24). The van der Waals surface area contributed by atoms with Gasteiger partial charge in [-0.15, -0.1) is 0 Å². The van der Waals surface area contributed by atoms with Crippen LogP contribution < -0.4 is 15.5 Å². The van der Waals surface area contributed by atoms with Gasteiger partial charge in [-0.25, -0.2) is 18.3 Å². The third kappa shape index (κ3) is 3.52. The number of sulfonamides is 1. The Kier molecular flexibility index (Phi) is 4.67. The van der Waals surface area contributed by atoms with Gasteiger partial charge in [0.2, 0.25) is 10.0 Å². The van der Waals surface area contributed by atoms with Crippen molar-refractivity contribution >= 4 is 44.6 Å². The summed E-state index contributed by atoms with van der Waals surface area (Å²) in [6.45, 7) is 0. The molecule has 0 saturated carbocycles. The van der Waals surface area contributed by atoms with Crippen LogP contribution in [0.3, 0.4) is 0 Å². The van der Waals surface area contributed by atoms with E-state index in [1.54, 1.807) is 24.3 Å². The first-order valence-corrected chi connectivity index (χ1v) is 11.5. The van der Waals surface area contributed by atoms with Gasteiger partial charge in [0.1, 0.15) is 0 Å². The van der Waals surface area contributed by atoms with Crippen LogP contribution in [0.15, 0.2) is 79.2 Å². The molecular formula is C15H11BrF3N3O2SSi. The van der Waals surface area contributed by atoms with Gasteiger partial charge in [-0.05, 0) is 40.3 Å². The largest absolute Gasteiger partial charge is 0.434 e. The fourth-order valence-electron chi connectivity index (χ4n) is 2.58. The van der Waals surface area contributed by atoms with Crippen LogP contribution in [0.1, 0.15) is 0 Å². The SMILES string of the molecule is NS(=O)(=O)c1ccc([Si]2(c3ccc(Br)cc3)C=C(C(F)(F)F)N=N2)cc1. The summed E-state index contributed by atoms with van der Waals surface area (Å²) in [7, 11) is -7.25. The number of benzene rings is 2. The molecule has 1 heterocycles. The van der Waals surface area contributed by atoms with Crippen LogP contribution >= 0.6 is 15.9 Å². The number of alkyl halides is 3. The van der Waals surface area contributed by atoms with Crippen molar-refractivity contribution in [3.8, 4) is 0 Å². The number of nitrogens with two attached hydrogens (primary N) is 1. The molecular weight excluding hydrogens is 451 g/mol. The van der Waals surface area contributed by atoms with E-state index in [1.807, 2.05) is 0 Å². The lowest BCUT2D eigenvalue weighted by molar-refractivity contribution is -0.0924. The zero-order valence-corrected chi connectivity index (χ0v) is 16.3. The Morgan fingerprint density at radius 3 is 1.88 bits per heavy atom. The van der Waals surface area contributed by atoms with Crippen LogP contribution in [-0.4, -0.2) is 22.8 Å². The van der Waals surface area contributed by atoms with E-state index >= 15 is 0 Å². The summed E-state index contributed by atoms with van der Waals surface area (Å²) in [5.41, 5.74) is 0.00459. The molecule has 0 fully saturated rings. The molecule has 2 N–H and O–H groups in total. The Bertz CT molecular complexity index is 1010. The van der Waals surface area contributed by atoms with Gasteiger partial charge in [0.25, 0.3) is 8.24 Å². The van der Waals surface area contributed by atoms with E-state index in [2.05, 4.69) is 25.8 Å². The summed E-state index contributed by atoms with van der Waals surface area (Å²) < 4.78 is 67.0.